The van der Waals surface area contributed by atoms with Crippen LogP contribution in [-0.2, 0) is 0 Å². The lowest BCUT2D eigenvalue weighted by atomic mass is 10.3. The molecule has 0 saturated carbocycles. The predicted molar refractivity (Wildman–Crippen MR) is 85.0 cm³/mol. The van der Waals surface area contributed by atoms with E-state index < -0.39 is 0 Å². The first-order chi connectivity index (χ1) is 8.79. The lowest BCUT2D eigenvalue weighted by molar-refractivity contribution is 0.415. The van der Waals surface area contributed by atoms with Gasteiger partial charge in [0.1, 0.15) is 5.75 Å². The minimum absolute atomic E-state index is 0.868. The Kier molecular flexibility index (Phi) is 13.2. The highest BCUT2D eigenvalue weighted by molar-refractivity contribution is 7.18. The molecule has 0 unspecified atom stereocenters. The van der Waals surface area contributed by atoms with Gasteiger partial charge in [-0.2, -0.15) is 0 Å². The van der Waals surface area contributed by atoms with Crippen molar-refractivity contribution in [2.24, 2.45) is 0 Å². The van der Waals surface area contributed by atoms with Crippen LogP contribution in [0, 0.1) is 6.92 Å². The monoisotopic (exact) mass is 269 g/mol. The zero-order chi connectivity index (χ0) is 14.6. The van der Waals surface area contributed by atoms with Gasteiger partial charge in [-0.05, 0) is 19.1 Å². The summed E-state index contributed by atoms with van der Waals surface area (Å²) in [5.74, 6) is 0.868. The van der Waals surface area contributed by atoms with E-state index in [9.17, 15) is 0 Å². The quantitative estimate of drug-likeness (QED) is 0.663. The minimum Gasteiger partial charge on any atom is -0.497 e. The number of ether oxygens (including phenoxy) is 1. The van der Waals surface area contributed by atoms with Crippen LogP contribution < -0.4 is 4.74 Å². The van der Waals surface area contributed by atoms with E-state index in [4.69, 9.17) is 4.74 Å². The smallest absolute Gasteiger partial charge is 0.121 e. The molecule has 0 bridgehead atoms. The van der Waals surface area contributed by atoms with E-state index in [1.165, 1.54) is 4.70 Å². The highest BCUT2D eigenvalue weighted by Gasteiger charge is 2.00. The number of benzene rings is 1. The van der Waals surface area contributed by atoms with Gasteiger partial charge in [-0.1, -0.05) is 41.5 Å². The van der Waals surface area contributed by atoms with Crippen LogP contribution in [0.5, 0.6) is 5.75 Å². The zero-order valence-corrected chi connectivity index (χ0v) is 13.8. The summed E-state index contributed by atoms with van der Waals surface area (Å²) < 4.78 is 6.31. The summed E-state index contributed by atoms with van der Waals surface area (Å²) in [5, 5.41) is 1.10. The maximum absolute atomic E-state index is 5.10. The Morgan fingerprint density at radius 3 is 2.06 bits per heavy atom. The second kappa shape index (κ2) is 12.4. The number of aromatic nitrogens is 1. The maximum atomic E-state index is 5.10. The summed E-state index contributed by atoms with van der Waals surface area (Å²) in [4.78, 5) is 4.36. The van der Waals surface area contributed by atoms with E-state index in [1.54, 1.807) is 18.4 Å². The molecule has 1 aromatic carbocycles. The van der Waals surface area contributed by atoms with Crippen molar-refractivity contribution in [3.63, 3.8) is 0 Å². The molecule has 0 N–H and O–H groups in total. The molecule has 0 fully saturated rings. The van der Waals surface area contributed by atoms with Crippen LogP contribution in [0.4, 0.5) is 0 Å². The van der Waals surface area contributed by atoms with Crippen molar-refractivity contribution in [3.8, 4) is 5.75 Å². The average Bonchev–Trinajstić information content (AvgIpc) is 2.84. The molecule has 104 valence electrons. The van der Waals surface area contributed by atoms with Crippen molar-refractivity contribution in [2.75, 3.05) is 7.11 Å². The molecule has 18 heavy (non-hydrogen) atoms. The molecule has 0 spiro atoms. The van der Waals surface area contributed by atoms with Gasteiger partial charge in [0.15, 0.2) is 0 Å². The first kappa shape index (κ1) is 19.3. The minimum atomic E-state index is 0.868. The predicted octanol–water partition coefficient (Wildman–Crippen LogP) is 5.69. The molecule has 0 amide bonds. The number of fused-ring (bicyclic) bond motifs is 1. The van der Waals surface area contributed by atoms with Crippen LogP contribution in [0.2, 0.25) is 0 Å². The first-order valence-corrected chi connectivity index (χ1v) is 7.52. The van der Waals surface area contributed by atoms with Gasteiger partial charge in [-0.3, -0.25) is 0 Å². The number of aryl methyl sites for hydroxylation is 1. The Morgan fingerprint density at radius 1 is 1.00 bits per heavy atom. The van der Waals surface area contributed by atoms with Gasteiger partial charge in [0, 0.05) is 6.07 Å². The number of nitrogens with zero attached hydrogens (tertiary/aromatic N) is 1. The van der Waals surface area contributed by atoms with Gasteiger partial charge in [0.2, 0.25) is 0 Å². The topological polar surface area (TPSA) is 22.1 Å². The van der Waals surface area contributed by atoms with Crippen LogP contribution in [0.1, 0.15) is 46.6 Å². The summed E-state index contributed by atoms with van der Waals surface area (Å²) in [6.07, 6.45) is 0. The van der Waals surface area contributed by atoms with E-state index in [0.717, 1.165) is 16.3 Å². The molecular formula is C15H27NOS. The van der Waals surface area contributed by atoms with Crippen LogP contribution in [0.3, 0.4) is 0 Å². The third-order valence-corrected chi connectivity index (χ3v) is 2.65. The van der Waals surface area contributed by atoms with Gasteiger partial charge in [-0.15, -0.1) is 11.3 Å². The van der Waals surface area contributed by atoms with Gasteiger partial charge in [0.05, 0.1) is 22.3 Å². The van der Waals surface area contributed by atoms with Crippen molar-refractivity contribution in [1.82, 2.24) is 4.98 Å². The molecule has 0 atom stereocenters. The summed E-state index contributed by atoms with van der Waals surface area (Å²) in [6, 6.07) is 5.96. The lowest BCUT2D eigenvalue weighted by Crippen LogP contribution is -1.80. The molecule has 2 nitrogen and oxygen atoms in total. The van der Waals surface area contributed by atoms with E-state index >= 15 is 0 Å². The Bertz CT molecular complexity index is 410. The number of rotatable bonds is 1. The van der Waals surface area contributed by atoms with E-state index in [-0.39, 0.29) is 0 Å². The average molecular weight is 269 g/mol. The van der Waals surface area contributed by atoms with E-state index in [1.807, 2.05) is 66.7 Å². The molecule has 3 heteroatoms. The van der Waals surface area contributed by atoms with Crippen LogP contribution in [0.15, 0.2) is 18.2 Å². The second-order valence-electron chi connectivity index (χ2n) is 2.57. The molecule has 0 radical (unpaired) electrons. The largest absolute Gasteiger partial charge is 0.497 e. The standard InChI is InChI=1S/C9H9NOS.3C2H6/c1-6-10-8-5-7(11-2)3-4-9(8)12-6;3*1-2/h3-5H,1-2H3;3*1-2H3. The van der Waals surface area contributed by atoms with Crippen molar-refractivity contribution < 1.29 is 4.74 Å². The number of thiazole rings is 1. The fourth-order valence-electron chi connectivity index (χ4n) is 1.15. The van der Waals surface area contributed by atoms with Crippen LogP contribution in [0.25, 0.3) is 10.2 Å². The van der Waals surface area contributed by atoms with Gasteiger partial charge in [0.25, 0.3) is 0 Å². The zero-order valence-electron chi connectivity index (χ0n) is 13.0. The highest BCUT2D eigenvalue weighted by Crippen LogP contribution is 2.24. The summed E-state index contributed by atoms with van der Waals surface area (Å²) in [5.41, 5.74) is 1.02. The fraction of sp³-hybridized carbons (Fsp3) is 0.533. The highest BCUT2D eigenvalue weighted by atomic mass is 32.1. The van der Waals surface area contributed by atoms with Crippen molar-refractivity contribution in [3.05, 3.63) is 23.2 Å². The Balaban J connectivity index is 0. The molecule has 2 aromatic rings. The summed E-state index contributed by atoms with van der Waals surface area (Å²) in [6.45, 7) is 14.0. The van der Waals surface area contributed by atoms with Gasteiger partial charge >= 0.3 is 0 Å². The summed E-state index contributed by atoms with van der Waals surface area (Å²) >= 11 is 1.70. The summed E-state index contributed by atoms with van der Waals surface area (Å²) in [7, 11) is 1.67. The van der Waals surface area contributed by atoms with Crippen LogP contribution in [-0.4, -0.2) is 12.1 Å². The molecule has 0 aliphatic rings. The van der Waals surface area contributed by atoms with Crippen molar-refractivity contribution >= 4 is 21.6 Å². The Morgan fingerprint density at radius 2 is 1.56 bits per heavy atom. The normalized spacial score (nSPS) is 8.00. The molecule has 1 heterocycles. The van der Waals surface area contributed by atoms with E-state index in [0.29, 0.717) is 0 Å². The molecular weight excluding hydrogens is 242 g/mol. The number of methoxy groups -OCH3 is 1. The van der Waals surface area contributed by atoms with Gasteiger partial charge in [-0.25, -0.2) is 4.98 Å². The third-order valence-electron chi connectivity index (χ3n) is 1.70. The molecule has 0 aliphatic heterocycles. The lowest BCUT2D eigenvalue weighted by Gasteiger charge is -1.96. The third kappa shape index (κ3) is 6.01. The molecule has 2 rings (SSSR count). The van der Waals surface area contributed by atoms with Crippen molar-refractivity contribution in [2.45, 2.75) is 48.5 Å². The number of hydrogen-bond acceptors (Lipinski definition) is 3. The fourth-order valence-corrected chi connectivity index (χ4v) is 1.96. The van der Waals surface area contributed by atoms with Gasteiger partial charge < -0.3 is 4.74 Å². The first-order valence-electron chi connectivity index (χ1n) is 6.71. The SMILES string of the molecule is CC.CC.CC.COc1ccc2sc(C)nc2c1. The Labute approximate surface area is 116 Å². The molecule has 0 aliphatic carbocycles. The van der Waals surface area contributed by atoms with Crippen molar-refractivity contribution in [1.29, 1.82) is 0 Å². The van der Waals surface area contributed by atoms with E-state index in [2.05, 4.69) is 4.98 Å². The number of hydrogen-bond donors (Lipinski definition) is 0. The second-order valence-corrected chi connectivity index (χ2v) is 3.80. The van der Waals surface area contributed by atoms with Crippen LogP contribution >= 0.6 is 11.3 Å². The Hall–Kier alpha value is -1.09. The maximum Gasteiger partial charge on any atom is 0.121 e. The molecule has 1 aromatic heterocycles. The molecule has 0 saturated heterocycles.